The minimum absolute atomic E-state index is 0. The third-order valence-electron chi connectivity index (χ3n) is 5.21. The molecule has 2 nitrogen and oxygen atoms in total. The number of nitrogens with one attached hydrogen (secondary N) is 1. The summed E-state index contributed by atoms with van der Waals surface area (Å²) in [4.78, 5) is 4.10. The lowest BCUT2D eigenvalue weighted by atomic mass is 9.59. The summed E-state index contributed by atoms with van der Waals surface area (Å²) in [7, 11) is 0. The first-order valence-corrected chi connectivity index (χ1v) is 9.01. The largest absolute Gasteiger partial charge is 0.309 e. The second kappa shape index (κ2) is 10.4. The van der Waals surface area contributed by atoms with E-state index in [4.69, 9.17) is 11.6 Å². The van der Waals surface area contributed by atoms with Gasteiger partial charge in [0.15, 0.2) is 0 Å². The van der Waals surface area contributed by atoms with Crippen molar-refractivity contribution in [1.82, 2.24) is 10.3 Å². The highest BCUT2D eigenvalue weighted by Gasteiger charge is 2.44. The molecule has 0 bridgehead atoms. The molecule has 138 valence electrons. The molecule has 0 saturated heterocycles. The van der Waals surface area contributed by atoms with Crippen molar-refractivity contribution < 1.29 is 0 Å². The van der Waals surface area contributed by atoms with Crippen LogP contribution in [0.1, 0.15) is 50.2 Å². The number of hydrogen-bond acceptors (Lipinski definition) is 2. The van der Waals surface area contributed by atoms with Crippen LogP contribution in [0, 0.1) is 0 Å². The van der Waals surface area contributed by atoms with Gasteiger partial charge in [-0.15, -0.1) is 24.8 Å². The van der Waals surface area contributed by atoms with E-state index in [0.29, 0.717) is 6.04 Å². The summed E-state index contributed by atoms with van der Waals surface area (Å²) in [5.74, 6) is 0. The smallest absolute Gasteiger partial charge is 0.0406 e. The Morgan fingerprint density at radius 1 is 1.08 bits per heavy atom. The first-order chi connectivity index (χ1) is 11.2. The molecular weight excluding hydrogens is 375 g/mol. The molecule has 0 spiro atoms. The molecule has 0 aliphatic heterocycles. The number of halogens is 3. The summed E-state index contributed by atoms with van der Waals surface area (Å²) in [5, 5.41) is 4.65. The molecule has 1 aliphatic carbocycles. The number of hydrogen-bond donors (Lipinski definition) is 1. The van der Waals surface area contributed by atoms with E-state index in [1.165, 1.54) is 43.2 Å². The first-order valence-electron chi connectivity index (χ1n) is 8.63. The van der Waals surface area contributed by atoms with Crippen molar-refractivity contribution in [2.24, 2.45) is 0 Å². The van der Waals surface area contributed by atoms with Gasteiger partial charge in [-0.2, -0.15) is 0 Å². The summed E-state index contributed by atoms with van der Waals surface area (Å²) in [6.07, 6.45) is 9.98. The molecule has 5 heteroatoms. The van der Waals surface area contributed by atoms with Gasteiger partial charge < -0.3 is 5.32 Å². The lowest BCUT2D eigenvalue weighted by Gasteiger charge is -2.49. The van der Waals surface area contributed by atoms with Crippen LogP contribution in [0.25, 0.3) is 0 Å². The van der Waals surface area contributed by atoms with Crippen molar-refractivity contribution in [3.63, 3.8) is 0 Å². The molecule has 1 fully saturated rings. The zero-order valence-corrected chi connectivity index (χ0v) is 17.0. The fourth-order valence-corrected chi connectivity index (χ4v) is 3.91. The molecule has 1 saturated carbocycles. The Morgan fingerprint density at radius 3 is 2.24 bits per heavy atom. The monoisotopic (exact) mass is 400 g/mol. The SMILES string of the molecule is CCCC(NCc1ccncc1)C1(c2ccc(Cl)cc2)CCC1.Cl.Cl. The normalized spacial score (nSPS) is 16.1. The topological polar surface area (TPSA) is 24.9 Å². The molecule has 1 aromatic carbocycles. The van der Waals surface area contributed by atoms with E-state index >= 15 is 0 Å². The molecule has 3 rings (SSSR count). The average molecular weight is 402 g/mol. The highest BCUT2D eigenvalue weighted by atomic mass is 35.5. The maximum atomic E-state index is 6.08. The van der Waals surface area contributed by atoms with Gasteiger partial charge in [0.1, 0.15) is 0 Å². The van der Waals surface area contributed by atoms with E-state index in [1.54, 1.807) is 0 Å². The number of nitrogens with zero attached hydrogens (tertiary/aromatic N) is 1. The molecule has 2 aromatic rings. The van der Waals surface area contributed by atoms with Crippen molar-refractivity contribution in [3.05, 3.63) is 64.9 Å². The Morgan fingerprint density at radius 2 is 1.72 bits per heavy atom. The van der Waals surface area contributed by atoms with Gasteiger partial charge in [0.25, 0.3) is 0 Å². The predicted octanol–water partition coefficient (Wildman–Crippen LogP) is 5.96. The molecule has 0 radical (unpaired) electrons. The van der Waals surface area contributed by atoms with Crippen molar-refractivity contribution in [1.29, 1.82) is 0 Å². The zero-order chi connectivity index (χ0) is 16.1. The highest BCUT2D eigenvalue weighted by Crippen LogP contribution is 2.47. The quantitative estimate of drug-likeness (QED) is 0.619. The molecule has 1 atom stereocenters. The van der Waals surface area contributed by atoms with Crippen LogP contribution in [0.3, 0.4) is 0 Å². The number of aromatic nitrogens is 1. The van der Waals surface area contributed by atoms with Crippen molar-refractivity contribution >= 4 is 36.4 Å². The minimum Gasteiger partial charge on any atom is -0.309 e. The van der Waals surface area contributed by atoms with Gasteiger partial charge in [0.05, 0.1) is 0 Å². The number of benzene rings is 1. The fraction of sp³-hybridized carbons (Fsp3) is 0.450. The van der Waals surface area contributed by atoms with Gasteiger partial charge in [-0.25, -0.2) is 0 Å². The third-order valence-corrected chi connectivity index (χ3v) is 5.46. The van der Waals surface area contributed by atoms with E-state index in [2.05, 4.69) is 41.5 Å². The van der Waals surface area contributed by atoms with Crippen LogP contribution in [-0.4, -0.2) is 11.0 Å². The fourth-order valence-electron chi connectivity index (χ4n) is 3.78. The van der Waals surface area contributed by atoms with Crippen LogP contribution in [0.15, 0.2) is 48.8 Å². The van der Waals surface area contributed by atoms with Crippen LogP contribution < -0.4 is 5.32 Å². The standard InChI is InChI=1S/C20H25ClN2.2ClH/c1-2-4-19(23-15-16-9-13-22-14-10-16)20(11-3-12-20)17-5-7-18(21)8-6-17;;/h5-10,13-14,19,23H,2-4,11-12,15H2,1H3;2*1H. The Bertz CT molecular complexity index is 613. The van der Waals surface area contributed by atoms with E-state index in [-0.39, 0.29) is 30.2 Å². The second-order valence-electron chi connectivity index (χ2n) is 6.59. The van der Waals surface area contributed by atoms with Crippen LogP contribution in [0.5, 0.6) is 0 Å². The zero-order valence-electron chi connectivity index (χ0n) is 14.6. The van der Waals surface area contributed by atoms with E-state index in [1.807, 2.05) is 24.5 Å². The molecule has 25 heavy (non-hydrogen) atoms. The molecule has 1 aliphatic rings. The summed E-state index contributed by atoms with van der Waals surface area (Å²) in [5.41, 5.74) is 3.01. The highest BCUT2D eigenvalue weighted by molar-refractivity contribution is 6.30. The van der Waals surface area contributed by atoms with E-state index in [0.717, 1.165) is 11.6 Å². The molecule has 1 heterocycles. The van der Waals surface area contributed by atoms with Gasteiger partial charge in [0.2, 0.25) is 0 Å². The lowest BCUT2D eigenvalue weighted by Crippen LogP contribution is -2.52. The maximum absolute atomic E-state index is 6.08. The second-order valence-corrected chi connectivity index (χ2v) is 7.03. The van der Waals surface area contributed by atoms with Gasteiger partial charge in [-0.05, 0) is 54.7 Å². The van der Waals surface area contributed by atoms with Crippen LogP contribution in [0.4, 0.5) is 0 Å². The molecule has 1 unspecified atom stereocenters. The lowest BCUT2D eigenvalue weighted by molar-refractivity contribution is 0.159. The summed E-state index contributed by atoms with van der Waals surface area (Å²) in [6, 6.07) is 13.2. The van der Waals surface area contributed by atoms with Crippen LogP contribution in [-0.2, 0) is 12.0 Å². The Kier molecular flexibility index (Phi) is 9.23. The van der Waals surface area contributed by atoms with E-state index < -0.39 is 0 Å². The summed E-state index contributed by atoms with van der Waals surface area (Å²) >= 11 is 6.08. The number of rotatable bonds is 7. The maximum Gasteiger partial charge on any atom is 0.0406 e. The molecule has 1 aromatic heterocycles. The van der Waals surface area contributed by atoms with Crippen LogP contribution >= 0.6 is 36.4 Å². The summed E-state index contributed by atoms with van der Waals surface area (Å²) < 4.78 is 0. The third kappa shape index (κ3) is 5.10. The van der Waals surface area contributed by atoms with Gasteiger partial charge in [-0.1, -0.05) is 43.5 Å². The first kappa shape index (κ1) is 22.2. The van der Waals surface area contributed by atoms with Crippen molar-refractivity contribution in [2.75, 3.05) is 0 Å². The molecule has 0 amide bonds. The Balaban J connectivity index is 0.00000156. The summed E-state index contributed by atoms with van der Waals surface area (Å²) in [6.45, 7) is 3.18. The average Bonchev–Trinajstić information content (AvgIpc) is 2.54. The molecular formula is C20H27Cl3N2. The molecule has 1 N–H and O–H groups in total. The van der Waals surface area contributed by atoms with Gasteiger partial charge in [-0.3, -0.25) is 4.98 Å². The van der Waals surface area contributed by atoms with E-state index in [9.17, 15) is 0 Å². The van der Waals surface area contributed by atoms with Gasteiger partial charge >= 0.3 is 0 Å². The predicted molar refractivity (Wildman–Crippen MR) is 111 cm³/mol. The van der Waals surface area contributed by atoms with Crippen molar-refractivity contribution in [2.45, 2.75) is 57.0 Å². The Labute approximate surface area is 168 Å². The number of pyridine rings is 1. The minimum atomic E-state index is 0. The van der Waals surface area contributed by atoms with Crippen molar-refractivity contribution in [3.8, 4) is 0 Å². The van der Waals surface area contributed by atoms with Gasteiger partial charge in [0, 0.05) is 35.4 Å². The van der Waals surface area contributed by atoms with Crippen LogP contribution in [0.2, 0.25) is 5.02 Å². The Hall–Kier alpha value is -0.800.